The van der Waals surface area contributed by atoms with E-state index in [0.29, 0.717) is 43.9 Å². The first-order chi connectivity index (χ1) is 14.6. The third kappa shape index (κ3) is 4.35. The molecular formula is C22H25BrN4O3. The quantitative estimate of drug-likeness (QED) is 0.714. The highest BCUT2D eigenvalue weighted by Crippen LogP contribution is 2.25. The highest BCUT2D eigenvalue weighted by Gasteiger charge is 2.35. The van der Waals surface area contributed by atoms with Crippen LogP contribution in [0.2, 0.25) is 0 Å². The van der Waals surface area contributed by atoms with E-state index in [0.717, 1.165) is 10.0 Å². The van der Waals surface area contributed by atoms with Crippen LogP contribution in [-0.4, -0.2) is 60.9 Å². The van der Waals surface area contributed by atoms with E-state index in [-0.39, 0.29) is 23.9 Å². The molecule has 30 heavy (non-hydrogen) atoms. The molecule has 2 saturated heterocycles. The molecule has 2 heterocycles. The van der Waals surface area contributed by atoms with Gasteiger partial charge in [-0.15, -0.1) is 0 Å². The topological polar surface area (TPSA) is 73.9 Å². The smallest absolute Gasteiger partial charge is 0.257 e. The number of hydrazine groups is 1. The van der Waals surface area contributed by atoms with Gasteiger partial charge >= 0.3 is 0 Å². The number of halogens is 1. The van der Waals surface area contributed by atoms with E-state index in [4.69, 9.17) is 4.74 Å². The Bertz CT molecular complexity index is 913. The lowest BCUT2D eigenvalue weighted by molar-refractivity contribution is -0.134. The first-order valence-corrected chi connectivity index (χ1v) is 10.8. The van der Waals surface area contributed by atoms with Crippen molar-refractivity contribution in [1.82, 2.24) is 20.7 Å². The van der Waals surface area contributed by atoms with E-state index in [1.54, 1.807) is 24.1 Å². The summed E-state index contributed by atoms with van der Waals surface area (Å²) in [5, 5.41) is 0. The number of rotatable bonds is 4. The van der Waals surface area contributed by atoms with Crippen LogP contribution in [0.4, 0.5) is 0 Å². The summed E-state index contributed by atoms with van der Waals surface area (Å²) in [5.74, 6) is 0.586. The van der Waals surface area contributed by atoms with Crippen LogP contribution in [0.25, 0.3) is 0 Å². The van der Waals surface area contributed by atoms with E-state index in [1.807, 2.05) is 29.2 Å². The molecule has 0 aromatic heterocycles. The molecule has 0 aliphatic carbocycles. The molecule has 2 aliphatic rings. The van der Waals surface area contributed by atoms with Crippen molar-refractivity contribution in [3.8, 4) is 5.75 Å². The van der Waals surface area contributed by atoms with Gasteiger partial charge < -0.3 is 14.5 Å². The molecule has 0 saturated carbocycles. The first-order valence-electron chi connectivity index (χ1n) is 10.0. The van der Waals surface area contributed by atoms with Crippen molar-refractivity contribution in [3.63, 3.8) is 0 Å². The summed E-state index contributed by atoms with van der Waals surface area (Å²) in [5.41, 5.74) is 8.08. The Morgan fingerprint density at radius 3 is 2.33 bits per heavy atom. The fourth-order valence-corrected chi connectivity index (χ4v) is 4.24. The lowest BCUT2D eigenvalue weighted by Crippen LogP contribution is -2.54. The van der Waals surface area contributed by atoms with Crippen LogP contribution in [0.1, 0.15) is 28.4 Å². The average molecular weight is 473 g/mol. The molecule has 8 heteroatoms. The van der Waals surface area contributed by atoms with Gasteiger partial charge in [0.15, 0.2) is 0 Å². The molecule has 7 nitrogen and oxygen atoms in total. The summed E-state index contributed by atoms with van der Waals surface area (Å²) in [6.07, 6.45) is 0.695. The number of piperazine rings is 1. The Labute approximate surface area is 184 Å². The number of ether oxygens (including phenoxy) is 1. The van der Waals surface area contributed by atoms with E-state index < -0.39 is 0 Å². The minimum absolute atomic E-state index is 0.0597. The molecule has 0 bridgehead atoms. The van der Waals surface area contributed by atoms with Gasteiger partial charge in [-0.3, -0.25) is 9.59 Å². The second-order valence-electron chi connectivity index (χ2n) is 7.50. The number of nitrogens with one attached hydrogen (secondary N) is 2. The van der Waals surface area contributed by atoms with Gasteiger partial charge in [-0.05, 0) is 36.2 Å². The monoisotopic (exact) mass is 472 g/mol. The van der Waals surface area contributed by atoms with E-state index >= 15 is 0 Å². The van der Waals surface area contributed by atoms with Crippen LogP contribution >= 0.6 is 15.9 Å². The van der Waals surface area contributed by atoms with Crippen LogP contribution in [0, 0.1) is 0 Å². The molecule has 0 spiro atoms. The maximum atomic E-state index is 13.0. The minimum atomic E-state index is -0.268. The minimum Gasteiger partial charge on any atom is -0.496 e. The van der Waals surface area contributed by atoms with Crippen molar-refractivity contribution in [3.05, 3.63) is 64.1 Å². The predicted octanol–water partition coefficient (Wildman–Crippen LogP) is 2.35. The third-order valence-electron chi connectivity index (χ3n) is 5.69. The first kappa shape index (κ1) is 20.8. The van der Waals surface area contributed by atoms with Gasteiger partial charge in [0.05, 0.1) is 12.7 Å². The Morgan fingerprint density at radius 2 is 1.63 bits per heavy atom. The second-order valence-corrected chi connectivity index (χ2v) is 8.41. The normalized spacial score (nSPS) is 21.5. The van der Waals surface area contributed by atoms with Gasteiger partial charge in [0, 0.05) is 36.7 Å². The van der Waals surface area contributed by atoms with E-state index in [9.17, 15) is 9.59 Å². The summed E-state index contributed by atoms with van der Waals surface area (Å²) in [4.78, 5) is 29.5. The Kier molecular flexibility index (Phi) is 6.36. The van der Waals surface area contributed by atoms with Crippen LogP contribution in [-0.2, 0) is 4.79 Å². The number of methoxy groups -OCH3 is 1. The molecule has 2 unspecified atom stereocenters. The lowest BCUT2D eigenvalue weighted by Gasteiger charge is -2.36. The number of amides is 2. The number of hydrogen-bond acceptors (Lipinski definition) is 5. The Balaban J connectivity index is 1.32. The molecular weight excluding hydrogens is 448 g/mol. The largest absolute Gasteiger partial charge is 0.496 e. The van der Waals surface area contributed by atoms with E-state index in [1.165, 1.54) is 0 Å². The molecule has 2 aromatic rings. The molecule has 2 atom stereocenters. The highest BCUT2D eigenvalue weighted by molar-refractivity contribution is 9.10. The van der Waals surface area contributed by atoms with Crippen molar-refractivity contribution < 1.29 is 14.3 Å². The summed E-state index contributed by atoms with van der Waals surface area (Å²) < 4.78 is 6.34. The Morgan fingerprint density at radius 1 is 0.967 bits per heavy atom. The average Bonchev–Trinajstić information content (AvgIpc) is 3.29. The lowest BCUT2D eigenvalue weighted by atomic mass is 10.0. The predicted molar refractivity (Wildman–Crippen MR) is 117 cm³/mol. The van der Waals surface area contributed by atoms with Crippen LogP contribution in [0.3, 0.4) is 0 Å². The van der Waals surface area contributed by atoms with Crippen molar-refractivity contribution in [2.45, 2.75) is 18.5 Å². The molecule has 2 fully saturated rings. The number of nitrogens with zero attached hydrogens (tertiary/aromatic N) is 2. The number of para-hydroxylation sites is 1. The van der Waals surface area contributed by atoms with Gasteiger partial charge in [0.1, 0.15) is 11.8 Å². The van der Waals surface area contributed by atoms with Crippen molar-refractivity contribution in [2.24, 2.45) is 0 Å². The van der Waals surface area contributed by atoms with Gasteiger partial charge in [0.2, 0.25) is 5.91 Å². The van der Waals surface area contributed by atoms with Crippen LogP contribution in [0.15, 0.2) is 53.0 Å². The maximum Gasteiger partial charge on any atom is 0.257 e. The summed E-state index contributed by atoms with van der Waals surface area (Å²) in [6, 6.07) is 15.2. The zero-order chi connectivity index (χ0) is 21.1. The molecule has 2 aliphatic heterocycles. The van der Waals surface area contributed by atoms with Crippen molar-refractivity contribution in [1.29, 1.82) is 0 Å². The molecule has 0 radical (unpaired) electrons. The molecule has 4 rings (SSSR count). The van der Waals surface area contributed by atoms with Gasteiger partial charge in [-0.1, -0.05) is 40.2 Å². The molecule has 2 amide bonds. The molecule has 158 valence electrons. The summed E-state index contributed by atoms with van der Waals surface area (Å²) in [6.45, 7) is 2.08. The molecule has 2 N–H and O–H groups in total. The van der Waals surface area contributed by atoms with Gasteiger partial charge in [-0.2, -0.15) is 0 Å². The molecule has 2 aromatic carbocycles. The third-order valence-corrected chi connectivity index (χ3v) is 6.22. The van der Waals surface area contributed by atoms with Gasteiger partial charge in [-0.25, -0.2) is 10.9 Å². The standard InChI is InChI=1S/C22H25BrN4O3/c1-30-20-5-3-2-4-17(20)21(28)26-10-12-27(13-11-26)22(29)19-14-18(24-25-19)15-6-8-16(23)9-7-15/h2-9,18-19,24-25H,10-14H2,1H3. The number of carbonyl (C=O) groups is 2. The van der Waals surface area contributed by atoms with E-state index in [2.05, 4.69) is 38.9 Å². The van der Waals surface area contributed by atoms with Crippen molar-refractivity contribution in [2.75, 3.05) is 33.3 Å². The second kappa shape index (κ2) is 9.16. The zero-order valence-corrected chi connectivity index (χ0v) is 18.4. The van der Waals surface area contributed by atoms with Crippen LogP contribution in [0.5, 0.6) is 5.75 Å². The fourth-order valence-electron chi connectivity index (χ4n) is 3.97. The maximum absolute atomic E-state index is 13.0. The number of benzene rings is 2. The van der Waals surface area contributed by atoms with Gasteiger partial charge in [0.25, 0.3) is 5.91 Å². The van der Waals surface area contributed by atoms with Crippen molar-refractivity contribution >= 4 is 27.7 Å². The summed E-state index contributed by atoms with van der Waals surface area (Å²) in [7, 11) is 1.56. The number of carbonyl (C=O) groups excluding carboxylic acids is 2. The SMILES string of the molecule is COc1ccccc1C(=O)N1CCN(C(=O)C2CC(c3ccc(Br)cc3)NN2)CC1. The highest BCUT2D eigenvalue weighted by atomic mass is 79.9. The number of hydrogen-bond donors (Lipinski definition) is 2. The summed E-state index contributed by atoms with van der Waals surface area (Å²) >= 11 is 3.45. The van der Waals surface area contributed by atoms with Crippen LogP contribution < -0.4 is 15.6 Å². The fraction of sp³-hybridized carbons (Fsp3) is 0.364. The Hall–Kier alpha value is -2.42. The zero-order valence-electron chi connectivity index (χ0n) is 16.8.